The average Bonchev–Trinajstić information content (AvgIpc) is 2.92. The van der Waals surface area contributed by atoms with Gasteiger partial charge in [0.15, 0.2) is 9.84 Å². The highest BCUT2D eigenvalue weighted by molar-refractivity contribution is 7.91. The molecule has 1 saturated heterocycles. The Kier molecular flexibility index (Phi) is 5.90. The van der Waals surface area contributed by atoms with E-state index in [2.05, 4.69) is 4.72 Å². The number of nitrogens with one attached hydrogen (secondary N) is 1. The second kappa shape index (κ2) is 7.43. The summed E-state index contributed by atoms with van der Waals surface area (Å²) in [5.74, 6) is -0.172. The van der Waals surface area contributed by atoms with Crippen LogP contribution in [0, 0.1) is 0 Å². The topological polar surface area (TPSA) is 101 Å². The fourth-order valence-corrected chi connectivity index (χ4v) is 5.43. The SMILES string of the molecule is CC(C)c1ccc(S(=O)(=O)NCC(=O)N(C)C2CCS(=O)(=O)C2)cc1. The van der Waals surface area contributed by atoms with Crippen molar-refractivity contribution in [2.45, 2.75) is 37.1 Å². The van der Waals surface area contributed by atoms with E-state index >= 15 is 0 Å². The monoisotopic (exact) mass is 388 g/mol. The van der Waals surface area contributed by atoms with Crippen molar-refractivity contribution in [3.8, 4) is 0 Å². The van der Waals surface area contributed by atoms with Crippen LogP contribution in [0.1, 0.15) is 31.7 Å². The third-order valence-corrected chi connectivity index (χ3v) is 7.59. The molecule has 1 aliphatic rings. The Morgan fingerprint density at radius 1 is 1.28 bits per heavy atom. The van der Waals surface area contributed by atoms with Gasteiger partial charge in [-0.1, -0.05) is 26.0 Å². The van der Waals surface area contributed by atoms with Crippen LogP contribution >= 0.6 is 0 Å². The Hall–Kier alpha value is -1.45. The molecule has 140 valence electrons. The van der Waals surface area contributed by atoms with Crippen LogP contribution in [-0.4, -0.2) is 58.8 Å². The first-order valence-electron chi connectivity index (χ1n) is 8.07. The van der Waals surface area contributed by atoms with Gasteiger partial charge in [0.1, 0.15) is 0 Å². The van der Waals surface area contributed by atoms with E-state index in [0.29, 0.717) is 12.3 Å². The van der Waals surface area contributed by atoms with Gasteiger partial charge in [0.25, 0.3) is 0 Å². The summed E-state index contributed by atoms with van der Waals surface area (Å²) in [6.45, 7) is 3.63. The molecule has 1 aromatic rings. The van der Waals surface area contributed by atoms with Gasteiger partial charge < -0.3 is 4.90 Å². The molecule has 0 saturated carbocycles. The highest BCUT2D eigenvalue weighted by atomic mass is 32.2. The molecule has 2 rings (SSSR count). The molecule has 1 fully saturated rings. The van der Waals surface area contributed by atoms with Crippen molar-refractivity contribution in [2.24, 2.45) is 0 Å². The van der Waals surface area contributed by atoms with Gasteiger partial charge in [0, 0.05) is 13.1 Å². The van der Waals surface area contributed by atoms with Crippen molar-refractivity contribution in [1.29, 1.82) is 0 Å². The van der Waals surface area contributed by atoms with E-state index in [9.17, 15) is 21.6 Å². The van der Waals surface area contributed by atoms with Crippen LogP contribution in [0.25, 0.3) is 0 Å². The molecule has 7 nitrogen and oxygen atoms in total. The largest absolute Gasteiger partial charge is 0.341 e. The van der Waals surface area contributed by atoms with Crippen molar-refractivity contribution in [1.82, 2.24) is 9.62 Å². The minimum absolute atomic E-state index is 0.0587. The summed E-state index contributed by atoms with van der Waals surface area (Å²) in [6, 6.07) is 6.12. The van der Waals surface area contributed by atoms with Gasteiger partial charge in [-0.3, -0.25) is 4.79 Å². The maximum absolute atomic E-state index is 12.3. The van der Waals surface area contributed by atoms with Crippen LogP contribution in [0.2, 0.25) is 0 Å². The molecule has 1 N–H and O–H groups in total. The molecule has 1 heterocycles. The zero-order valence-corrected chi connectivity index (χ0v) is 16.2. The van der Waals surface area contributed by atoms with E-state index in [4.69, 9.17) is 0 Å². The minimum Gasteiger partial charge on any atom is -0.341 e. The number of amides is 1. The number of sulfonamides is 1. The van der Waals surface area contributed by atoms with E-state index in [1.54, 1.807) is 12.1 Å². The quantitative estimate of drug-likeness (QED) is 0.774. The summed E-state index contributed by atoms with van der Waals surface area (Å²) < 4.78 is 49.8. The van der Waals surface area contributed by atoms with Gasteiger partial charge in [-0.15, -0.1) is 0 Å². The number of benzene rings is 1. The van der Waals surface area contributed by atoms with Gasteiger partial charge in [-0.2, -0.15) is 0 Å². The normalized spacial score (nSPS) is 19.9. The number of sulfone groups is 1. The molecule has 9 heteroatoms. The van der Waals surface area contributed by atoms with E-state index < -0.39 is 38.4 Å². The summed E-state index contributed by atoms with van der Waals surface area (Å²) in [5, 5.41) is 0. The van der Waals surface area contributed by atoms with E-state index in [-0.39, 0.29) is 16.4 Å². The first kappa shape index (κ1) is 19.9. The lowest BCUT2D eigenvalue weighted by molar-refractivity contribution is -0.130. The Bertz CT molecular complexity index is 830. The molecule has 1 atom stereocenters. The Morgan fingerprint density at radius 3 is 2.36 bits per heavy atom. The zero-order chi connectivity index (χ0) is 18.8. The lowest BCUT2D eigenvalue weighted by atomic mass is 10.0. The van der Waals surface area contributed by atoms with Crippen molar-refractivity contribution < 1.29 is 21.6 Å². The number of nitrogens with zero attached hydrogens (tertiary/aromatic N) is 1. The molecule has 0 aliphatic carbocycles. The summed E-state index contributed by atoms with van der Waals surface area (Å²) >= 11 is 0. The lowest BCUT2D eigenvalue weighted by Gasteiger charge is -2.23. The van der Waals surface area contributed by atoms with Crippen LogP contribution < -0.4 is 4.72 Å². The highest BCUT2D eigenvalue weighted by Gasteiger charge is 2.32. The van der Waals surface area contributed by atoms with Crippen molar-refractivity contribution in [3.63, 3.8) is 0 Å². The van der Waals surface area contributed by atoms with E-state index in [0.717, 1.165) is 5.56 Å². The van der Waals surface area contributed by atoms with Gasteiger partial charge in [0.05, 0.1) is 22.9 Å². The molecule has 1 unspecified atom stereocenters. The first-order chi connectivity index (χ1) is 11.5. The minimum atomic E-state index is -3.79. The van der Waals surface area contributed by atoms with Crippen molar-refractivity contribution in [2.75, 3.05) is 25.1 Å². The number of carbonyl (C=O) groups is 1. The summed E-state index contributed by atoms with van der Waals surface area (Å²) in [6.07, 6.45) is 0.383. The first-order valence-corrected chi connectivity index (χ1v) is 11.4. The highest BCUT2D eigenvalue weighted by Crippen LogP contribution is 2.18. The van der Waals surface area contributed by atoms with Crippen molar-refractivity contribution in [3.05, 3.63) is 29.8 Å². The predicted molar refractivity (Wildman–Crippen MR) is 95.5 cm³/mol. The Labute approximate surface area is 149 Å². The zero-order valence-electron chi connectivity index (χ0n) is 14.6. The fourth-order valence-electron chi connectivity index (χ4n) is 2.68. The summed E-state index contributed by atoms with van der Waals surface area (Å²) in [5.41, 5.74) is 1.03. The smallest absolute Gasteiger partial charge is 0.241 e. The number of hydrogen-bond acceptors (Lipinski definition) is 5. The number of likely N-dealkylation sites (N-methyl/N-ethyl adjacent to an activating group) is 1. The summed E-state index contributed by atoms with van der Waals surface area (Å²) in [4.78, 5) is 13.6. The second-order valence-corrected chi connectivity index (χ2v) is 10.6. The standard InChI is InChI=1S/C16H24N2O5S2/c1-12(2)13-4-6-15(7-5-13)25(22,23)17-10-16(19)18(3)14-8-9-24(20,21)11-14/h4-7,12,14,17H,8-11H2,1-3H3. The van der Waals surface area contributed by atoms with Gasteiger partial charge >= 0.3 is 0 Å². The third kappa shape index (κ3) is 5.02. The summed E-state index contributed by atoms with van der Waals surface area (Å²) in [7, 11) is -5.40. The molecule has 0 spiro atoms. The molecular formula is C16H24N2O5S2. The molecule has 1 aliphatic heterocycles. The number of rotatable bonds is 6. The number of carbonyl (C=O) groups excluding carboxylic acids is 1. The molecule has 0 aromatic heterocycles. The Morgan fingerprint density at radius 2 is 1.88 bits per heavy atom. The van der Waals surface area contributed by atoms with Crippen LogP contribution in [-0.2, 0) is 24.7 Å². The van der Waals surface area contributed by atoms with Crippen LogP contribution in [0.5, 0.6) is 0 Å². The maximum atomic E-state index is 12.3. The molecule has 1 amide bonds. The average molecular weight is 389 g/mol. The molecule has 1 aromatic carbocycles. The van der Waals surface area contributed by atoms with Crippen LogP contribution in [0.4, 0.5) is 0 Å². The third-order valence-electron chi connectivity index (χ3n) is 4.42. The second-order valence-electron chi connectivity index (χ2n) is 6.61. The Balaban J connectivity index is 1.98. The molecule has 25 heavy (non-hydrogen) atoms. The van der Waals surface area contributed by atoms with Gasteiger partial charge in [-0.25, -0.2) is 21.6 Å². The van der Waals surface area contributed by atoms with E-state index in [1.165, 1.54) is 24.1 Å². The lowest BCUT2D eigenvalue weighted by Crippen LogP contribution is -2.43. The van der Waals surface area contributed by atoms with Crippen LogP contribution in [0.3, 0.4) is 0 Å². The molecule has 0 bridgehead atoms. The predicted octanol–water partition coefficient (Wildman–Crippen LogP) is 0.734. The fraction of sp³-hybridized carbons (Fsp3) is 0.562. The van der Waals surface area contributed by atoms with Crippen LogP contribution in [0.15, 0.2) is 29.2 Å². The van der Waals surface area contributed by atoms with Gasteiger partial charge in [-0.05, 0) is 30.0 Å². The molecule has 0 radical (unpaired) electrons. The van der Waals surface area contributed by atoms with Gasteiger partial charge in [0.2, 0.25) is 15.9 Å². The van der Waals surface area contributed by atoms with Crippen molar-refractivity contribution >= 4 is 25.8 Å². The number of hydrogen-bond donors (Lipinski definition) is 1. The van der Waals surface area contributed by atoms with E-state index in [1.807, 2.05) is 13.8 Å². The maximum Gasteiger partial charge on any atom is 0.241 e. The molecular weight excluding hydrogens is 364 g/mol.